The molecule has 2 bridgehead atoms. The molecule has 1 amide bonds. The second-order valence-corrected chi connectivity index (χ2v) is 8.22. The highest BCUT2D eigenvalue weighted by Crippen LogP contribution is 2.54. The van der Waals surface area contributed by atoms with E-state index in [-0.39, 0.29) is 29.2 Å². The van der Waals surface area contributed by atoms with Crippen LogP contribution in [0.4, 0.5) is 4.39 Å². The van der Waals surface area contributed by atoms with Gasteiger partial charge in [0.1, 0.15) is 0 Å². The lowest BCUT2D eigenvalue weighted by Gasteiger charge is -2.29. The van der Waals surface area contributed by atoms with Crippen LogP contribution in [-0.4, -0.2) is 49.3 Å². The Morgan fingerprint density at radius 2 is 2.33 bits per heavy atom. The Morgan fingerprint density at radius 3 is 3.07 bits per heavy atom. The van der Waals surface area contributed by atoms with Gasteiger partial charge in [0, 0.05) is 44.4 Å². The fraction of sp³-hybridized carbons (Fsp3) is 0.667. The molecule has 3 aliphatic rings. The molecule has 3 aliphatic heterocycles. The first-order valence-electron chi connectivity index (χ1n) is 10.0. The highest BCUT2D eigenvalue weighted by molar-refractivity contribution is 5.75. The van der Waals surface area contributed by atoms with Gasteiger partial charge in [0.25, 0.3) is 0 Å². The number of halogens is 1. The van der Waals surface area contributed by atoms with Crippen LogP contribution in [0.2, 0.25) is 0 Å². The topological polar surface area (TPSA) is 50.8 Å². The summed E-state index contributed by atoms with van der Waals surface area (Å²) in [5.41, 5.74) is 0.877. The molecule has 1 N–H and O–H groups in total. The highest BCUT2D eigenvalue weighted by Gasteiger charge is 2.62. The van der Waals surface area contributed by atoms with Crippen LogP contribution in [-0.2, 0) is 16.1 Å². The monoisotopic (exact) mass is 376 g/mol. The van der Waals surface area contributed by atoms with Crippen molar-refractivity contribution in [1.29, 1.82) is 0 Å². The molecule has 0 aromatic heterocycles. The number of amides is 1. The number of benzene rings is 1. The number of hydrogen-bond donors (Lipinski definition) is 1. The average Bonchev–Trinajstić information content (AvgIpc) is 3.28. The Kier molecular flexibility index (Phi) is 5.12. The maximum atomic E-state index is 14.0. The van der Waals surface area contributed by atoms with E-state index >= 15 is 0 Å². The number of nitrogens with zero attached hydrogens (tertiary/aromatic N) is 1. The van der Waals surface area contributed by atoms with Crippen LogP contribution < -0.4 is 10.1 Å². The molecule has 4 rings (SSSR count). The van der Waals surface area contributed by atoms with Crippen LogP contribution in [0.25, 0.3) is 0 Å². The van der Waals surface area contributed by atoms with Crippen molar-refractivity contribution >= 4 is 5.91 Å². The zero-order valence-electron chi connectivity index (χ0n) is 16.2. The molecular formula is C21H29FN2O3. The van der Waals surface area contributed by atoms with Gasteiger partial charge >= 0.3 is 0 Å². The second kappa shape index (κ2) is 7.40. The Hall–Kier alpha value is -1.66. The van der Waals surface area contributed by atoms with E-state index in [9.17, 15) is 9.18 Å². The summed E-state index contributed by atoms with van der Waals surface area (Å²) < 4.78 is 25.4. The SMILES string of the molecule is CCCC(=O)NC[C@H]1[C@H]2CN(Cc3ccc(OC)c(F)c3)C[C@]23CC[C@H]1O3. The Balaban J connectivity index is 1.40. The normalized spacial score (nSPS) is 31.9. The van der Waals surface area contributed by atoms with Crippen LogP contribution in [0.5, 0.6) is 5.75 Å². The standard InChI is InChI=1S/C21H29FN2O3/c1-3-4-20(25)23-10-15-16-12-24(13-21(16)8-7-18(15)27-21)11-14-5-6-19(26-2)17(22)9-14/h5-6,9,15-16,18H,3-4,7-8,10-13H2,1-2H3,(H,23,25)/t15-,16+,18+,21+/m0/s1. The number of likely N-dealkylation sites (tertiary alicyclic amines) is 1. The van der Waals surface area contributed by atoms with E-state index in [0.29, 0.717) is 31.3 Å². The van der Waals surface area contributed by atoms with Gasteiger partial charge in [0.15, 0.2) is 11.6 Å². The summed E-state index contributed by atoms with van der Waals surface area (Å²) >= 11 is 0. The third-order valence-electron chi connectivity index (χ3n) is 6.49. The first-order chi connectivity index (χ1) is 13.0. The van der Waals surface area contributed by atoms with E-state index < -0.39 is 0 Å². The van der Waals surface area contributed by atoms with Crippen LogP contribution in [0.3, 0.4) is 0 Å². The van der Waals surface area contributed by atoms with Crippen LogP contribution in [0, 0.1) is 17.7 Å². The Bertz CT molecular complexity index is 713. The number of carbonyl (C=O) groups excluding carboxylic acids is 1. The van der Waals surface area contributed by atoms with E-state index in [0.717, 1.165) is 37.9 Å². The molecule has 1 aromatic rings. The third-order valence-corrected chi connectivity index (χ3v) is 6.49. The Labute approximate surface area is 160 Å². The van der Waals surface area contributed by atoms with E-state index in [1.807, 2.05) is 13.0 Å². The molecular weight excluding hydrogens is 347 g/mol. The maximum Gasteiger partial charge on any atom is 0.219 e. The molecule has 3 saturated heterocycles. The van der Waals surface area contributed by atoms with Gasteiger partial charge in [-0.25, -0.2) is 4.39 Å². The lowest BCUT2D eigenvalue weighted by Crippen LogP contribution is -2.41. The number of nitrogens with one attached hydrogen (secondary N) is 1. The predicted octanol–water partition coefficient (Wildman–Crippen LogP) is 2.73. The summed E-state index contributed by atoms with van der Waals surface area (Å²) in [5, 5.41) is 3.10. The number of ether oxygens (including phenoxy) is 2. The summed E-state index contributed by atoms with van der Waals surface area (Å²) in [6.07, 6.45) is 3.90. The van der Waals surface area contributed by atoms with Crippen molar-refractivity contribution < 1.29 is 18.7 Å². The quantitative estimate of drug-likeness (QED) is 0.795. The molecule has 3 heterocycles. The van der Waals surface area contributed by atoms with Crippen molar-refractivity contribution in [3.8, 4) is 5.75 Å². The molecule has 0 saturated carbocycles. The fourth-order valence-corrected chi connectivity index (χ4v) is 5.29. The molecule has 148 valence electrons. The van der Waals surface area contributed by atoms with Crippen molar-refractivity contribution in [2.45, 2.75) is 50.9 Å². The summed E-state index contributed by atoms with van der Waals surface area (Å²) in [7, 11) is 1.48. The van der Waals surface area contributed by atoms with Crippen molar-refractivity contribution in [1.82, 2.24) is 10.2 Å². The molecule has 0 unspecified atom stereocenters. The maximum absolute atomic E-state index is 14.0. The van der Waals surface area contributed by atoms with Gasteiger partial charge < -0.3 is 14.8 Å². The van der Waals surface area contributed by atoms with Crippen molar-refractivity contribution in [2.24, 2.45) is 11.8 Å². The lowest BCUT2D eigenvalue weighted by molar-refractivity contribution is -0.121. The molecule has 4 atom stereocenters. The van der Waals surface area contributed by atoms with Crippen molar-refractivity contribution in [2.75, 3.05) is 26.7 Å². The van der Waals surface area contributed by atoms with E-state index in [2.05, 4.69) is 10.2 Å². The first-order valence-corrected chi connectivity index (χ1v) is 10.0. The Morgan fingerprint density at radius 1 is 1.48 bits per heavy atom. The summed E-state index contributed by atoms with van der Waals surface area (Å²) in [5.74, 6) is 0.929. The zero-order valence-corrected chi connectivity index (χ0v) is 16.2. The van der Waals surface area contributed by atoms with Gasteiger partial charge in [-0.2, -0.15) is 0 Å². The molecule has 5 nitrogen and oxygen atoms in total. The van der Waals surface area contributed by atoms with Gasteiger partial charge in [-0.1, -0.05) is 13.0 Å². The number of fused-ring (bicyclic) bond motifs is 1. The smallest absolute Gasteiger partial charge is 0.219 e. The van der Waals surface area contributed by atoms with E-state index in [4.69, 9.17) is 9.47 Å². The van der Waals surface area contributed by atoms with E-state index in [1.165, 1.54) is 7.11 Å². The molecule has 1 aromatic carbocycles. The van der Waals surface area contributed by atoms with Crippen LogP contribution >= 0.6 is 0 Å². The molecule has 0 radical (unpaired) electrons. The minimum absolute atomic E-state index is 0.0736. The van der Waals surface area contributed by atoms with E-state index in [1.54, 1.807) is 12.1 Å². The van der Waals surface area contributed by atoms with Gasteiger partial charge in [-0.15, -0.1) is 0 Å². The second-order valence-electron chi connectivity index (χ2n) is 8.22. The zero-order chi connectivity index (χ0) is 19.0. The first kappa shape index (κ1) is 18.7. The molecule has 3 fully saturated rings. The predicted molar refractivity (Wildman–Crippen MR) is 100.0 cm³/mol. The lowest BCUT2D eigenvalue weighted by atomic mass is 9.73. The fourth-order valence-electron chi connectivity index (χ4n) is 5.29. The van der Waals surface area contributed by atoms with Gasteiger partial charge in [-0.05, 0) is 37.0 Å². The molecule has 27 heavy (non-hydrogen) atoms. The molecule has 1 spiro atoms. The molecule has 0 aliphatic carbocycles. The number of hydrogen-bond acceptors (Lipinski definition) is 4. The van der Waals surface area contributed by atoms with Crippen LogP contribution in [0.15, 0.2) is 18.2 Å². The minimum atomic E-state index is -0.318. The highest BCUT2D eigenvalue weighted by atomic mass is 19.1. The number of methoxy groups -OCH3 is 1. The summed E-state index contributed by atoms with van der Waals surface area (Å²) in [4.78, 5) is 14.2. The third kappa shape index (κ3) is 3.45. The summed E-state index contributed by atoms with van der Waals surface area (Å²) in [6.45, 7) is 5.27. The van der Waals surface area contributed by atoms with Gasteiger partial charge in [-0.3, -0.25) is 9.69 Å². The van der Waals surface area contributed by atoms with Crippen LogP contribution in [0.1, 0.15) is 38.2 Å². The largest absolute Gasteiger partial charge is 0.494 e. The average molecular weight is 376 g/mol. The number of carbonyl (C=O) groups is 1. The molecule has 6 heteroatoms. The van der Waals surface area contributed by atoms with Gasteiger partial charge in [0.2, 0.25) is 5.91 Å². The summed E-state index contributed by atoms with van der Waals surface area (Å²) in [6, 6.07) is 5.17. The van der Waals surface area contributed by atoms with Crippen molar-refractivity contribution in [3.63, 3.8) is 0 Å². The van der Waals surface area contributed by atoms with Gasteiger partial charge in [0.05, 0.1) is 18.8 Å². The van der Waals surface area contributed by atoms with Crippen molar-refractivity contribution in [3.05, 3.63) is 29.6 Å². The number of rotatable bonds is 7. The minimum Gasteiger partial charge on any atom is -0.494 e.